The summed E-state index contributed by atoms with van der Waals surface area (Å²) in [7, 11) is -3.44. The zero-order chi connectivity index (χ0) is 27.7. The van der Waals surface area contributed by atoms with Crippen LogP contribution in [0.1, 0.15) is 41.3 Å². The number of carbonyl (C=O) groups excluding carboxylic acids is 1. The van der Waals surface area contributed by atoms with Crippen molar-refractivity contribution in [1.29, 1.82) is 0 Å². The summed E-state index contributed by atoms with van der Waals surface area (Å²) in [5.74, 6) is -0.269. The third-order valence-corrected chi connectivity index (χ3v) is 8.67. The number of sulfonamides is 1. The van der Waals surface area contributed by atoms with Gasteiger partial charge in [-0.3, -0.25) is 9.10 Å². The number of hydrogen-bond donors (Lipinski definition) is 4. The number of aliphatic hydroxyl groups is 1. The van der Waals surface area contributed by atoms with E-state index in [-0.39, 0.29) is 24.1 Å². The van der Waals surface area contributed by atoms with Gasteiger partial charge in [-0.25, -0.2) is 8.42 Å². The van der Waals surface area contributed by atoms with Crippen molar-refractivity contribution in [2.75, 3.05) is 35.0 Å². The third-order valence-electron chi connectivity index (χ3n) is 6.80. The van der Waals surface area contributed by atoms with Gasteiger partial charge in [0, 0.05) is 37.4 Å². The molecule has 216 valence electrons. The molecule has 3 aromatic rings. The van der Waals surface area contributed by atoms with E-state index in [0.717, 1.165) is 17.5 Å². The maximum Gasteiger partial charge on any atom is 0.251 e. The van der Waals surface area contributed by atoms with Crippen LogP contribution in [0.2, 0.25) is 0 Å². The maximum absolute atomic E-state index is 13.6. The van der Waals surface area contributed by atoms with Gasteiger partial charge in [-0.05, 0) is 55.5 Å². The number of halogens is 1. The average molecular weight is 587 g/mol. The van der Waals surface area contributed by atoms with Gasteiger partial charge in [0.1, 0.15) is 0 Å². The summed E-state index contributed by atoms with van der Waals surface area (Å²) >= 11 is 0. The smallest absolute Gasteiger partial charge is 0.251 e. The number of rotatable bonds is 12. The molecule has 4 rings (SSSR count). The van der Waals surface area contributed by atoms with Crippen LogP contribution in [0, 0.1) is 0 Å². The first-order valence-corrected chi connectivity index (χ1v) is 15.1. The van der Waals surface area contributed by atoms with Crippen molar-refractivity contribution in [2.24, 2.45) is 0 Å². The highest BCUT2D eigenvalue weighted by atomic mass is 35.5. The molecule has 4 N–H and O–H groups in total. The Kier molecular flexibility index (Phi) is 11.8. The van der Waals surface area contributed by atoms with Crippen LogP contribution in [-0.2, 0) is 23.0 Å². The molecule has 0 aromatic heterocycles. The van der Waals surface area contributed by atoms with Crippen molar-refractivity contribution in [3.63, 3.8) is 0 Å². The molecule has 0 radical (unpaired) electrons. The van der Waals surface area contributed by atoms with Crippen molar-refractivity contribution in [2.45, 2.75) is 44.9 Å². The Bertz CT molecular complexity index is 1330. The van der Waals surface area contributed by atoms with E-state index in [0.29, 0.717) is 56.0 Å². The van der Waals surface area contributed by atoms with E-state index in [4.69, 9.17) is 0 Å². The molecule has 1 fully saturated rings. The molecule has 0 bridgehead atoms. The van der Waals surface area contributed by atoms with E-state index >= 15 is 0 Å². The second kappa shape index (κ2) is 15.0. The van der Waals surface area contributed by atoms with Crippen LogP contribution < -0.4 is 20.3 Å². The topological polar surface area (TPSA) is 111 Å². The van der Waals surface area contributed by atoms with Gasteiger partial charge in [-0.2, -0.15) is 0 Å². The highest BCUT2D eigenvalue weighted by Crippen LogP contribution is 2.28. The highest BCUT2D eigenvalue weighted by Gasteiger charge is 2.28. The number of nitrogens with zero attached hydrogens (tertiary/aromatic N) is 1. The summed E-state index contributed by atoms with van der Waals surface area (Å²) in [5.41, 5.74) is 3.58. The second-order valence-corrected chi connectivity index (χ2v) is 11.9. The Morgan fingerprint density at radius 1 is 0.975 bits per heavy atom. The minimum Gasteiger partial charge on any atom is -0.390 e. The van der Waals surface area contributed by atoms with Crippen LogP contribution in [0.4, 0.5) is 11.4 Å². The first-order chi connectivity index (χ1) is 18.9. The molecule has 3 aromatic carbocycles. The molecule has 40 heavy (non-hydrogen) atoms. The molecule has 1 aliphatic heterocycles. The predicted octanol–water partition coefficient (Wildman–Crippen LogP) is 3.96. The van der Waals surface area contributed by atoms with Gasteiger partial charge >= 0.3 is 0 Å². The summed E-state index contributed by atoms with van der Waals surface area (Å²) < 4.78 is 26.9. The van der Waals surface area contributed by atoms with Gasteiger partial charge in [-0.1, -0.05) is 60.7 Å². The SMILES string of the molecule is CCNc1cc(C(=O)N[C@@H](Cc2ccccc2)[C@H](O)CNCc2ccccc2)cc(N2CCCCS2(=O)=O)c1.Cl. The summed E-state index contributed by atoms with van der Waals surface area (Å²) in [6.07, 6.45) is 1.00. The monoisotopic (exact) mass is 586 g/mol. The summed E-state index contributed by atoms with van der Waals surface area (Å²) in [6.45, 7) is 3.85. The molecule has 2 atom stereocenters. The van der Waals surface area contributed by atoms with Gasteiger partial charge in [0.15, 0.2) is 0 Å². The van der Waals surface area contributed by atoms with Crippen LogP contribution in [-0.4, -0.2) is 57.0 Å². The molecular weight excluding hydrogens is 548 g/mol. The summed E-state index contributed by atoms with van der Waals surface area (Å²) in [4.78, 5) is 13.6. The van der Waals surface area contributed by atoms with Crippen molar-refractivity contribution in [3.05, 3.63) is 95.6 Å². The van der Waals surface area contributed by atoms with Gasteiger partial charge in [0.25, 0.3) is 5.91 Å². The van der Waals surface area contributed by atoms with E-state index in [1.165, 1.54) is 4.31 Å². The fourth-order valence-electron chi connectivity index (χ4n) is 4.78. The normalized spacial score (nSPS) is 15.9. The minimum atomic E-state index is -3.44. The van der Waals surface area contributed by atoms with Crippen LogP contribution >= 0.6 is 12.4 Å². The zero-order valence-electron chi connectivity index (χ0n) is 22.8. The summed E-state index contributed by atoms with van der Waals surface area (Å²) in [5, 5.41) is 20.6. The minimum absolute atomic E-state index is 0. The molecule has 1 heterocycles. The third kappa shape index (κ3) is 8.69. The lowest BCUT2D eigenvalue weighted by Gasteiger charge is -2.29. The molecule has 0 spiro atoms. The number of nitrogens with one attached hydrogen (secondary N) is 3. The van der Waals surface area contributed by atoms with Gasteiger partial charge in [0.2, 0.25) is 10.0 Å². The molecule has 0 aliphatic carbocycles. The lowest BCUT2D eigenvalue weighted by atomic mass is 10.00. The fraction of sp³-hybridized carbons (Fsp3) is 0.367. The number of carbonyl (C=O) groups is 1. The lowest BCUT2D eigenvalue weighted by molar-refractivity contribution is 0.0830. The van der Waals surface area contributed by atoms with Gasteiger partial charge in [0.05, 0.1) is 23.6 Å². The largest absolute Gasteiger partial charge is 0.390 e. The predicted molar refractivity (Wildman–Crippen MR) is 164 cm³/mol. The number of benzene rings is 3. The molecule has 1 saturated heterocycles. The Labute approximate surface area is 243 Å². The quantitative estimate of drug-likeness (QED) is 0.256. The molecule has 8 nitrogen and oxygen atoms in total. The van der Waals surface area contributed by atoms with Crippen LogP contribution in [0.5, 0.6) is 0 Å². The maximum atomic E-state index is 13.6. The summed E-state index contributed by atoms with van der Waals surface area (Å²) in [6, 6.07) is 24.2. The van der Waals surface area contributed by atoms with E-state index in [1.807, 2.05) is 67.6 Å². The van der Waals surface area contributed by atoms with E-state index in [9.17, 15) is 18.3 Å². The average Bonchev–Trinajstić information content (AvgIpc) is 2.93. The molecule has 10 heteroatoms. The standard InChI is InChI=1S/C30H38N4O4S.ClH/c1-2-32-26-18-25(19-27(20-26)34-15-9-10-16-39(34,37)38)30(36)33-28(17-23-11-5-3-6-12-23)29(35)22-31-21-24-13-7-4-8-14-24;/h3-8,11-14,18-20,28-29,31-32,35H,2,9-10,15-17,21-22H2,1H3,(H,33,36);1H/t28-,29+;/m0./s1. The highest BCUT2D eigenvalue weighted by molar-refractivity contribution is 7.92. The Balaban J connectivity index is 0.00000441. The van der Waals surface area contributed by atoms with Crippen LogP contribution in [0.25, 0.3) is 0 Å². The van der Waals surface area contributed by atoms with Crippen molar-refractivity contribution in [1.82, 2.24) is 10.6 Å². The molecule has 0 unspecified atom stereocenters. The number of hydrogen-bond acceptors (Lipinski definition) is 6. The van der Waals surface area contributed by atoms with Crippen molar-refractivity contribution in [3.8, 4) is 0 Å². The molecular formula is C30H39ClN4O4S. The Morgan fingerprint density at radius 3 is 2.30 bits per heavy atom. The van der Waals surface area contributed by atoms with Crippen molar-refractivity contribution < 1.29 is 18.3 Å². The van der Waals surface area contributed by atoms with Crippen LogP contribution in [0.3, 0.4) is 0 Å². The zero-order valence-corrected chi connectivity index (χ0v) is 24.4. The van der Waals surface area contributed by atoms with E-state index < -0.39 is 22.2 Å². The molecule has 1 aliphatic rings. The molecule has 0 saturated carbocycles. The van der Waals surface area contributed by atoms with Gasteiger partial charge < -0.3 is 21.1 Å². The Morgan fingerprint density at radius 2 is 1.65 bits per heavy atom. The van der Waals surface area contributed by atoms with E-state index in [1.54, 1.807) is 18.2 Å². The number of aliphatic hydroxyl groups excluding tert-OH is 1. The Hall–Kier alpha value is -3.11. The second-order valence-electron chi connectivity index (χ2n) is 9.85. The van der Waals surface area contributed by atoms with Gasteiger partial charge in [-0.15, -0.1) is 12.4 Å². The fourth-order valence-corrected chi connectivity index (χ4v) is 6.40. The van der Waals surface area contributed by atoms with Crippen molar-refractivity contribution >= 4 is 39.7 Å². The number of anilines is 2. The number of amides is 1. The van der Waals surface area contributed by atoms with Crippen LogP contribution in [0.15, 0.2) is 78.9 Å². The lowest BCUT2D eigenvalue weighted by Crippen LogP contribution is -2.48. The first-order valence-electron chi connectivity index (χ1n) is 13.5. The first kappa shape index (κ1) is 31.4. The van der Waals surface area contributed by atoms with E-state index in [2.05, 4.69) is 16.0 Å². The molecule has 1 amide bonds.